The van der Waals surface area contributed by atoms with E-state index >= 15 is 0 Å². The molecule has 4 rings (SSSR count). The first-order valence-electron chi connectivity index (χ1n) is 29.3. The van der Waals surface area contributed by atoms with E-state index in [-0.39, 0.29) is 75.5 Å². The van der Waals surface area contributed by atoms with Crippen LogP contribution in [0.3, 0.4) is 0 Å². The third-order valence-corrected chi connectivity index (χ3v) is 13.5. The van der Waals surface area contributed by atoms with Gasteiger partial charge in [-0.3, -0.25) is 57.7 Å². The number of likely N-dealkylation sites (tertiary alicyclic amines) is 1. The lowest BCUT2D eigenvalue weighted by Gasteiger charge is -2.30. The molecule has 1 heterocycles. The number of hydrogen-bond donors (Lipinski definition) is 14. The van der Waals surface area contributed by atoms with Gasteiger partial charge in [0.15, 0.2) is 5.96 Å². The summed E-state index contributed by atoms with van der Waals surface area (Å²) in [6.45, 7) is 7.85. The van der Waals surface area contributed by atoms with Gasteiger partial charge in [0.2, 0.25) is 59.1 Å². The summed E-state index contributed by atoms with van der Waals surface area (Å²) in [5.74, 6) is -9.52. The van der Waals surface area contributed by atoms with Crippen molar-refractivity contribution in [1.82, 2.24) is 42.1 Å². The zero-order valence-electron chi connectivity index (χ0n) is 50.8. The van der Waals surface area contributed by atoms with Gasteiger partial charge >= 0.3 is 5.97 Å². The number of aliphatic carboxylic acids is 1. The molecule has 8 atom stereocenters. The highest BCUT2D eigenvalue weighted by molar-refractivity contribution is 5.99. The maximum atomic E-state index is 14.1. The number of carbonyl (C=O) groups excluding carboxylic acids is 11. The van der Waals surface area contributed by atoms with Gasteiger partial charge in [0, 0.05) is 38.3 Å². The third-order valence-electron chi connectivity index (χ3n) is 13.5. The Labute approximate surface area is 502 Å². The number of nitrogens with zero attached hydrogens (tertiary/aromatic N) is 2. The summed E-state index contributed by atoms with van der Waals surface area (Å²) in [4.78, 5) is 160. The molecule has 0 radical (unpaired) electrons. The Bertz CT molecular complexity index is 2650. The number of carboxylic acid groups (broad SMARTS) is 1. The fraction of sp³-hybridized carbons (Fsp3) is 0.569. The zero-order chi connectivity index (χ0) is 65.3. The molecule has 1 aliphatic carbocycles. The van der Waals surface area contributed by atoms with Crippen molar-refractivity contribution < 1.29 is 69.1 Å². The first kappa shape index (κ1) is 71.6. The molecule has 10 amide bonds. The van der Waals surface area contributed by atoms with E-state index in [2.05, 4.69) is 63.0 Å². The number of aliphatic imine (C=N–C) groups is 1. The second kappa shape index (κ2) is 39.0. The van der Waals surface area contributed by atoms with Gasteiger partial charge in [-0.05, 0) is 101 Å². The van der Waals surface area contributed by atoms with E-state index in [0.29, 0.717) is 17.5 Å². The van der Waals surface area contributed by atoms with Crippen LogP contribution in [0.25, 0.3) is 0 Å². The van der Waals surface area contributed by atoms with Crippen molar-refractivity contribution in [2.75, 3.05) is 20.1 Å². The summed E-state index contributed by atoms with van der Waals surface area (Å²) >= 11 is 0. The molecule has 28 heteroatoms. The Balaban J connectivity index is 0.00000176. The number of hydrogen-bond acceptors (Lipinski definition) is 15. The van der Waals surface area contributed by atoms with Crippen LogP contribution < -0.4 is 65.9 Å². The van der Waals surface area contributed by atoms with Gasteiger partial charge in [-0.1, -0.05) is 82.5 Å². The van der Waals surface area contributed by atoms with Crippen LogP contribution in [0.2, 0.25) is 0 Å². The van der Waals surface area contributed by atoms with Crippen LogP contribution in [-0.2, 0) is 70.4 Å². The van der Waals surface area contributed by atoms with Crippen LogP contribution in [0.1, 0.15) is 130 Å². The van der Waals surface area contributed by atoms with E-state index in [1.54, 1.807) is 49.5 Å². The van der Waals surface area contributed by atoms with Crippen molar-refractivity contribution in [3.05, 3.63) is 65.7 Å². The maximum Gasteiger partial charge on any atom is 0.303 e. The number of aromatic hydroxyl groups is 1. The number of primary amides is 3. The lowest BCUT2D eigenvalue weighted by Crippen LogP contribution is -2.60. The maximum absolute atomic E-state index is 14.1. The van der Waals surface area contributed by atoms with E-state index in [0.717, 1.165) is 36.5 Å². The number of aldehydes is 1. The Kier molecular flexibility index (Phi) is 32.5. The number of guanidine groups is 1. The number of nitrogens with two attached hydrogens (primary N) is 5. The lowest BCUT2D eigenvalue weighted by molar-refractivity contribution is -0.142. The number of phenolic OH excluding ortho intramolecular Hbond substituents is 1. The Morgan fingerprint density at radius 2 is 1.14 bits per heavy atom. The number of carbonyl (C=O) groups is 12. The second-order valence-electron chi connectivity index (χ2n) is 21.8. The molecule has 1 saturated carbocycles. The largest absolute Gasteiger partial charge is 0.508 e. The molecule has 476 valence electrons. The van der Waals surface area contributed by atoms with Gasteiger partial charge in [-0.25, -0.2) is 0 Å². The number of amides is 10. The molecule has 1 saturated heterocycles. The van der Waals surface area contributed by atoms with Crippen LogP contribution in [-0.4, -0.2) is 161 Å². The van der Waals surface area contributed by atoms with Crippen LogP contribution in [0.5, 0.6) is 5.75 Å². The van der Waals surface area contributed by atoms with Crippen molar-refractivity contribution in [2.24, 2.45) is 45.5 Å². The molecule has 2 aliphatic rings. The number of phenols is 1. The van der Waals surface area contributed by atoms with Gasteiger partial charge in [0.05, 0.1) is 12.5 Å². The number of carboxylic acids is 1. The normalized spacial score (nSPS) is 16.3. The van der Waals surface area contributed by atoms with Crippen molar-refractivity contribution >= 4 is 77.3 Å². The first-order valence-corrected chi connectivity index (χ1v) is 28.8. The molecule has 2 aromatic carbocycles. The number of rotatable bonds is 32. The fourth-order valence-corrected chi connectivity index (χ4v) is 9.05. The Morgan fingerprint density at radius 1 is 0.628 bits per heavy atom. The van der Waals surface area contributed by atoms with E-state index in [4.69, 9.17) is 35.1 Å². The summed E-state index contributed by atoms with van der Waals surface area (Å²) in [5.41, 5.74) is 28.4. The molecule has 0 bridgehead atoms. The monoisotopic (exact) mass is 1210 g/mol. The molecule has 19 N–H and O–H groups in total. The highest BCUT2D eigenvalue weighted by Crippen LogP contribution is 2.22. The van der Waals surface area contributed by atoms with Crippen LogP contribution in [0.15, 0.2) is 59.6 Å². The molecule has 86 heavy (non-hydrogen) atoms. The van der Waals surface area contributed by atoms with E-state index < -0.39 is 139 Å². The molecular formula is C58H90N14O14. The smallest absolute Gasteiger partial charge is 0.303 e. The van der Waals surface area contributed by atoms with E-state index in [1.165, 1.54) is 25.5 Å². The Morgan fingerprint density at radius 3 is 1.67 bits per heavy atom. The van der Waals surface area contributed by atoms with E-state index in [1.807, 2.05) is 0 Å². The average Bonchev–Trinajstić information content (AvgIpc) is 2.37. The zero-order valence-corrected chi connectivity index (χ0v) is 49.8. The third kappa shape index (κ3) is 28.7. The minimum absolute atomic E-state index is 0.0275. The highest BCUT2D eigenvalue weighted by atomic mass is 16.4. The van der Waals surface area contributed by atoms with Gasteiger partial charge in [-0.15, -0.1) is 0 Å². The molecule has 3 unspecified atom stereocenters. The predicted molar refractivity (Wildman–Crippen MR) is 318 cm³/mol. The van der Waals surface area contributed by atoms with Crippen molar-refractivity contribution in [2.45, 2.75) is 179 Å². The van der Waals surface area contributed by atoms with Gasteiger partial charge in [0.25, 0.3) is 0 Å². The van der Waals surface area contributed by atoms with Crippen molar-refractivity contribution in [1.29, 1.82) is 0 Å². The molecule has 1 aliphatic heterocycles. The highest BCUT2D eigenvalue weighted by Gasteiger charge is 2.39. The van der Waals surface area contributed by atoms with Gasteiger partial charge < -0.3 is 85.8 Å². The minimum atomic E-state index is -1.75. The SMILES string of the molecule is CC(C)C.CNC(Cc1ccc(O)cc1)C(=O)N[C@@H](Cc1ccccc1)C(=O)NC(CCC(N)=O)C(=O)N[C@@H](CC(N)=O)C(=O)NC(C)C(=O)N1CCC[C@H]1C(=O)N[C@@H](CCCN=C(N)N)C(=O)N[C@@H](CCC(=O)O)C(N)=O.[2H]C(=O)C1CCCCC1. The molecular weight excluding hydrogens is 1120 g/mol. The summed E-state index contributed by atoms with van der Waals surface area (Å²) in [5, 5.41) is 36.6. The van der Waals surface area contributed by atoms with Crippen molar-refractivity contribution in [3.63, 3.8) is 0 Å². The first-order chi connectivity index (χ1) is 41.0. The second-order valence-corrected chi connectivity index (χ2v) is 21.8. The fourth-order valence-electron chi connectivity index (χ4n) is 9.05. The molecule has 2 fully saturated rings. The number of nitrogens with one attached hydrogen (secondary N) is 7. The molecule has 28 nitrogen and oxygen atoms in total. The standard InChI is InChI=1S/C47H68N14O13.C7H12O.C4H10/c1-25(46(74)61-21-7-11-35(61)45(73)58-30(10-6-20-54-47(51)52)40(68)56-29(39(50)67)17-19-38(65)66)55-43(71)34(24-37(49)64)60-41(69)31(16-18-36(48)63)57-44(72)33(23-26-8-4-3-5-9-26)59-42(70)32(53-2)22-27-12-14-28(62)15-13-27;8-6-7-4-2-1-3-5-7;1-4(2)3/h3-5,8-9,12-15,25,29-35,53,62H,6-7,10-11,16-24H2,1-2H3,(H2,48,63)(H2,49,64)(H2,50,67)(H,55,71)(H,56,68)(H,57,72)(H,58,73)(H,59,70)(H,60,69)(H,65,66)(H4,51,52,54);6-7H,1-5H2;4H,1-3H3/t25?,29-,30-,31?,32?,33-,34-,35-;;/m0../s1/i;6D;. The van der Waals surface area contributed by atoms with E-state index in [9.17, 15) is 62.6 Å². The summed E-state index contributed by atoms with van der Waals surface area (Å²) < 4.78 is 6.83. The molecule has 0 spiro atoms. The topological polar surface area (TPSA) is 475 Å². The lowest BCUT2D eigenvalue weighted by atomic mass is 9.91. The van der Waals surface area contributed by atoms with Crippen LogP contribution in [0, 0.1) is 11.8 Å². The van der Waals surface area contributed by atoms with Crippen LogP contribution >= 0.6 is 0 Å². The quantitative estimate of drug-likeness (QED) is 0.0174. The summed E-state index contributed by atoms with van der Waals surface area (Å²) in [6, 6.07) is 3.96. The van der Waals surface area contributed by atoms with Gasteiger partial charge in [0.1, 0.15) is 55.7 Å². The molecule has 2 aromatic rings. The van der Waals surface area contributed by atoms with Crippen LogP contribution in [0.4, 0.5) is 0 Å². The number of benzene rings is 2. The predicted octanol–water partition coefficient (Wildman–Crippen LogP) is -1.34. The minimum Gasteiger partial charge on any atom is -0.508 e. The summed E-state index contributed by atoms with van der Waals surface area (Å²) in [7, 11) is 1.54. The molecule has 0 aromatic heterocycles. The Hall–Kier alpha value is -8.69. The van der Waals surface area contributed by atoms with Gasteiger partial charge in [-0.2, -0.15) is 0 Å². The number of likely N-dealkylation sites (N-methyl/N-ethyl adjacent to an activating group) is 1. The average molecular weight is 1210 g/mol. The van der Waals surface area contributed by atoms with Crippen molar-refractivity contribution in [3.8, 4) is 5.75 Å². The summed E-state index contributed by atoms with van der Waals surface area (Å²) in [6.07, 6.45) is 3.27.